The molecule has 9 heteroatoms. The lowest BCUT2D eigenvalue weighted by atomic mass is 10.1. The first-order chi connectivity index (χ1) is 11.6. The first-order valence-electron chi connectivity index (χ1n) is 7.24. The zero-order valence-electron chi connectivity index (χ0n) is 13.6. The standard InChI is InChI=1S/C16H17F4N4P/c1-9(21)10(8-25)7-22-11-3-4-12(13(17)5-11)14-6-15(16(18,19)20)23-24(14)2/h3-6,8,21-22H,7,25H2,1-2H3/b10-8-,21-9?. The average Bonchev–Trinajstić information content (AvgIpc) is 2.89. The molecule has 0 aliphatic carbocycles. The summed E-state index contributed by atoms with van der Waals surface area (Å²) in [5, 5.41) is 13.9. The summed E-state index contributed by atoms with van der Waals surface area (Å²) in [5.41, 5.74) is 0.580. The molecule has 1 aromatic carbocycles. The van der Waals surface area contributed by atoms with E-state index in [1.54, 1.807) is 18.8 Å². The van der Waals surface area contributed by atoms with E-state index in [9.17, 15) is 17.6 Å². The summed E-state index contributed by atoms with van der Waals surface area (Å²) >= 11 is 0. The second kappa shape index (κ2) is 7.35. The number of hydrogen-bond acceptors (Lipinski definition) is 3. The van der Waals surface area contributed by atoms with Crippen molar-refractivity contribution in [2.75, 3.05) is 11.9 Å². The summed E-state index contributed by atoms with van der Waals surface area (Å²) in [4.78, 5) is 0. The smallest absolute Gasteiger partial charge is 0.381 e. The van der Waals surface area contributed by atoms with E-state index in [2.05, 4.69) is 19.7 Å². The van der Waals surface area contributed by atoms with Crippen molar-refractivity contribution in [3.05, 3.63) is 47.2 Å². The topological polar surface area (TPSA) is 53.7 Å². The number of rotatable bonds is 5. The fourth-order valence-corrected chi connectivity index (χ4v) is 2.57. The lowest BCUT2D eigenvalue weighted by Crippen LogP contribution is -2.09. The van der Waals surface area contributed by atoms with E-state index in [-0.39, 0.29) is 11.3 Å². The van der Waals surface area contributed by atoms with Gasteiger partial charge in [0.05, 0.1) is 5.69 Å². The average molecular weight is 372 g/mol. The summed E-state index contributed by atoms with van der Waals surface area (Å²) in [6.45, 7) is 1.98. The maximum absolute atomic E-state index is 14.4. The van der Waals surface area contributed by atoms with Gasteiger partial charge in [0.25, 0.3) is 0 Å². The van der Waals surface area contributed by atoms with Crippen molar-refractivity contribution < 1.29 is 17.6 Å². The van der Waals surface area contributed by atoms with Gasteiger partial charge in [-0.25, -0.2) is 4.39 Å². The number of hydrogen-bond donors (Lipinski definition) is 2. The first-order valence-corrected chi connectivity index (χ1v) is 7.91. The molecule has 4 nitrogen and oxygen atoms in total. The third-order valence-electron chi connectivity index (χ3n) is 3.58. The monoisotopic (exact) mass is 372 g/mol. The summed E-state index contributed by atoms with van der Waals surface area (Å²) in [7, 11) is 3.74. The predicted octanol–water partition coefficient (Wildman–Crippen LogP) is 4.46. The number of aromatic nitrogens is 2. The molecule has 1 atom stereocenters. The molecule has 0 aliphatic rings. The molecule has 0 amide bonds. The molecule has 25 heavy (non-hydrogen) atoms. The molecule has 0 fully saturated rings. The molecule has 134 valence electrons. The van der Waals surface area contributed by atoms with Gasteiger partial charge in [-0.3, -0.25) is 4.68 Å². The molecule has 1 aromatic heterocycles. The molecule has 0 saturated carbocycles. The zero-order chi connectivity index (χ0) is 18.8. The van der Waals surface area contributed by atoms with E-state index in [1.165, 1.54) is 19.2 Å². The fourth-order valence-electron chi connectivity index (χ4n) is 2.20. The minimum Gasteiger partial charge on any atom is -0.381 e. The van der Waals surface area contributed by atoms with E-state index in [0.717, 1.165) is 16.3 Å². The van der Waals surface area contributed by atoms with Gasteiger partial charge in [0.15, 0.2) is 5.69 Å². The van der Waals surface area contributed by atoms with Crippen LogP contribution in [0.2, 0.25) is 0 Å². The zero-order valence-corrected chi connectivity index (χ0v) is 14.7. The number of halogens is 4. The number of alkyl halides is 3. The largest absolute Gasteiger partial charge is 0.435 e. The van der Waals surface area contributed by atoms with Crippen LogP contribution >= 0.6 is 9.24 Å². The Balaban J connectivity index is 2.26. The summed E-state index contributed by atoms with van der Waals surface area (Å²) in [5.74, 6) is 1.04. The number of nitrogens with one attached hydrogen (secondary N) is 2. The third-order valence-corrected chi connectivity index (χ3v) is 3.98. The van der Waals surface area contributed by atoms with Crippen molar-refractivity contribution >= 4 is 20.6 Å². The SMILES string of the molecule is CC(=N)/C(=C\P)CNc1ccc(-c2cc(C(F)(F)F)nn2C)c(F)c1. The van der Waals surface area contributed by atoms with Crippen LogP contribution in [-0.2, 0) is 13.2 Å². The van der Waals surface area contributed by atoms with Crippen molar-refractivity contribution in [2.24, 2.45) is 7.05 Å². The van der Waals surface area contributed by atoms with Gasteiger partial charge in [0.2, 0.25) is 0 Å². The molecule has 1 heterocycles. The van der Waals surface area contributed by atoms with Crippen molar-refractivity contribution in [1.29, 1.82) is 5.41 Å². The van der Waals surface area contributed by atoms with E-state index >= 15 is 0 Å². The summed E-state index contributed by atoms with van der Waals surface area (Å²) in [6.07, 6.45) is -4.58. The number of nitrogens with zero attached hydrogens (tertiary/aromatic N) is 2. The van der Waals surface area contributed by atoms with Crippen LogP contribution in [0.15, 0.2) is 35.7 Å². The number of benzene rings is 1. The minimum absolute atomic E-state index is 0.0288. The summed E-state index contributed by atoms with van der Waals surface area (Å²) in [6, 6.07) is 4.99. The Kier molecular flexibility index (Phi) is 5.62. The van der Waals surface area contributed by atoms with Crippen molar-refractivity contribution in [2.45, 2.75) is 13.1 Å². The van der Waals surface area contributed by atoms with Gasteiger partial charge in [-0.1, -0.05) is 5.82 Å². The van der Waals surface area contributed by atoms with Gasteiger partial charge in [0, 0.05) is 30.6 Å². The molecular weight excluding hydrogens is 355 g/mol. The van der Waals surface area contributed by atoms with Crippen molar-refractivity contribution in [3.63, 3.8) is 0 Å². The highest BCUT2D eigenvalue weighted by atomic mass is 31.0. The minimum atomic E-state index is -4.58. The van der Waals surface area contributed by atoms with Gasteiger partial charge in [0.1, 0.15) is 5.82 Å². The van der Waals surface area contributed by atoms with Crippen molar-refractivity contribution in [1.82, 2.24) is 9.78 Å². The highest BCUT2D eigenvalue weighted by Crippen LogP contribution is 2.32. The quantitative estimate of drug-likeness (QED) is 0.463. The van der Waals surface area contributed by atoms with E-state index in [0.29, 0.717) is 17.9 Å². The van der Waals surface area contributed by atoms with Crippen LogP contribution in [0, 0.1) is 11.2 Å². The Labute approximate surface area is 144 Å². The Hall–Kier alpha value is -2.21. The predicted molar refractivity (Wildman–Crippen MR) is 93.3 cm³/mol. The van der Waals surface area contributed by atoms with Gasteiger partial charge < -0.3 is 10.7 Å². The van der Waals surface area contributed by atoms with Crippen LogP contribution in [0.4, 0.5) is 23.2 Å². The van der Waals surface area contributed by atoms with Crippen LogP contribution in [0.3, 0.4) is 0 Å². The van der Waals surface area contributed by atoms with E-state index < -0.39 is 17.7 Å². The Morgan fingerprint density at radius 3 is 2.52 bits per heavy atom. The molecule has 2 N–H and O–H groups in total. The van der Waals surface area contributed by atoms with Crippen molar-refractivity contribution in [3.8, 4) is 11.3 Å². The van der Waals surface area contributed by atoms with Crippen LogP contribution in [0.1, 0.15) is 12.6 Å². The number of anilines is 1. The molecule has 2 rings (SSSR count). The highest BCUT2D eigenvalue weighted by molar-refractivity contribution is 7.20. The van der Waals surface area contributed by atoms with Crippen LogP contribution in [0.5, 0.6) is 0 Å². The molecule has 2 aromatic rings. The lowest BCUT2D eigenvalue weighted by molar-refractivity contribution is -0.141. The van der Waals surface area contributed by atoms with E-state index in [4.69, 9.17) is 5.41 Å². The molecule has 1 unspecified atom stereocenters. The normalized spacial score (nSPS) is 12.4. The van der Waals surface area contributed by atoms with Gasteiger partial charge in [-0.15, -0.1) is 9.24 Å². The third kappa shape index (κ3) is 4.45. The first kappa shape index (κ1) is 19.1. The van der Waals surface area contributed by atoms with Gasteiger partial charge >= 0.3 is 6.18 Å². The second-order valence-electron chi connectivity index (χ2n) is 5.40. The lowest BCUT2D eigenvalue weighted by Gasteiger charge is -2.11. The number of aryl methyl sites for hydroxylation is 1. The fraction of sp³-hybridized carbons (Fsp3) is 0.250. The Morgan fingerprint density at radius 1 is 1.36 bits per heavy atom. The Bertz CT molecular complexity index is 824. The molecular formula is C16H17F4N4P. The van der Waals surface area contributed by atoms with Crippen LogP contribution < -0.4 is 5.32 Å². The van der Waals surface area contributed by atoms with Gasteiger partial charge in [-0.2, -0.15) is 18.3 Å². The maximum Gasteiger partial charge on any atom is 0.435 e. The Morgan fingerprint density at radius 2 is 2.04 bits per heavy atom. The molecule has 0 radical (unpaired) electrons. The summed E-state index contributed by atoms with van der Waals surface area (Å²) < 4.78 is 53.6. The van der Waals surface area contributed by atoms with Gasteiger partial charge in [-0.05, 0) is 36.8 Å². The molecule has 0 bridgehead atoms. The molecule has 0 saturated heterocycles. The highest BCUT2D eigenvalue weighted by Gasteiger charge is 2.34. The maximum atomic E-state index is 14.4. The van der Waals surface area contributed by atoms with Crippen LogP contribution in [0.25, 0.3) is 11.3 Å². The molecule has 0 spiro atoms. The second-order valence-corrected chi connectivity index (χ2v) is 5.73. The van der Waals surface area contributed by atoms with Crippen LogP contribution in [-0.4, -0.2) is 22.0 Å². The molecule has 0 aliphatic heterocycles. The van der Waals surface area contributed by atoms with E-state index in [1.807, 2.05) is 0 Å².